The second kappa shape index (κ2) is 4.66. The lowest BCUT2D eigenvalue weighted by Gasteiger charge is -2.19. The molecule has 1 aromatic rings. The Kier molecular flexibility index (Phi) is 3.25. The van der Waals surface area contributed by atoms with E-state index in [1.807, 2.05) is 32.2 Å². The van der Waals surface area contributed by atoms with Gasteiger partial charge >= 0.3 is 0 Å². The molecule has 0 aromatic heterocycles. The average Bonchev–Trinajstić information content (AvgIpc) is 2.36. The third kappa shape index (κ3) is 2.09. The summed E-state index contributed by atoms with van der Waals surface area (Å²) in [4.78, 5) is 12.0. The van der Waals surface area contributed by atoms with Crippen molar-refractivity contribution in [2.24, 2.45) is 0 Å². The van der Waals surface area contributed by atoms with Crippen LogP contribution in [0.25, 0.3) is 0 Å². The highest BCUT2D eigenvalue weighted by Crippen LogP contribution is 2.23. The SMILES string of the molecule is CNC(C)C(=O)c1ccc2c(c1)CCCN2. The van der Waals surface area contributed by atoms with Crippen molar-refractivity contribution in [3.8, 4) is 0 Å². The summed E-state index contributed by atoms with van der Waals surface area (Å²) in [7, 11) is 1.81. The van der Waals surface area contributed by atoms with Gasteiger partial charge in [-0.3, -0.25) is 4.79 Å². The molecule has 1 unspecified atom stereocenters. The Balaban J connectivity index is 2.26. The van der Waals surface area contributed by atoms with E-state index in [0.717, 1.165) is 24.9 Å². The zero-order valence-electron chi connectivity index (χ0n) is 9.84. The second-order valence-electron chi connectivity index (χ2n) is 4.28. The normalized spacial score (nSPS) is 16.1. The van der Waals surface area contributed by atoms with Crippen molar-refractivity contribution in [3.05, 3.63) is 29.3 Å². The van der Waals surface area contributed by atoms with Crippen molar-refractivity contribution in [3.63, 3.8) is 0 Å². The van der Waals surface area contributed by atoms with Crippen LogP contribution in [0.4, 0.5) is 5.69 Å². The lowest BCUT2D eigenvalue weighted by Crippen LogP contribution is -2.30. The fourth-order valence-corrected chi connectivity index (χ4v) is 2.01. The van der Waals surface area contributed by atoms with Gasteiger partial charge in [0.15, 0.2) is 5.78 Å². The molecule has 0 amide bonds. The highest BCUT2D eigenvalue weighted by Gasteiger charge is 2.16. The van der Waals surface area contributed by atoms with Crippen molar-refractivity contribution >= 4 is 11.5 Å². The van der Waals surface area contributed by atoms with Gasteiger partial charge in [-0.05, 0) is 50.6 Å². The molecular formula is C13H18N2O. The lowest BCUT2D eigenvalue weighted by molar-refractivity contribution is 0.0955. The van der Waals surface area contributed by atoms with E-state index in [1.54, 1.807) is 0 Å². The molecule has 3 nitrogen and oxygen atoms in total. The molecular weight excluding hydrogens is 200 g/mol. The molecule has 1 atom stereocenters. The molecule has 86 valence electrons. The van der Waals surface area contributed by atoms with Crippen LogP contribution in [0.5, 0.6) is 0 Å². The van der Waals surface area contributed by atoms with Gasteiger partial charge in [-0.25, -0.2) is 0 Å². The quantitative estimate of drug-likeness (QED) is 0.761. The van der Waals surface area contributed by atoms with E-state index in [0.29, 0.717) is 0 Å². The number of hydrogen-bond donors (Lipinski definition) is 2. The zero-order chi connectivity index (χ0) is 11.5. The molecule has 0 radical (unpaired) electrons. The maximum atomic E-state index is 12.0. The van der Waals surface area contributed by atoms with Gasteiger partial charge in [-0.2, -0.15) is 0 Å². The van der Waals surface area contributed by atoms with Crippen molar-refractivity contribution < 1.29 is 4.79 Å². The number of nitrogens with one attached hydrogen (secondary N) is 2. The van der Waals surface area contributed by atoms with Crippen LogP contribution >= 0.6 is 0 Å². The Morgan fingerprint density at radius 3 is 3.06 bits per heavy atom. The van der Waals surface area contributed by atoms with E-state index in [4.69, 9.17) is 0 Å². The zero-order valence-corrected chi connectivity index (χ0v) is 9.84. The number of benzene rings is 1. The van der Waals surface area contributed by atoms with Crippen LogP contribution in [-0.2, 0) is 6.42 Å². The van der Waals surface area contributed by atoms with Crippen molar-refractivity contribution in [2.75, 3.05) is 18.9 Å². The van der Waals surface area contributed by atoms with Crippen molar-refractivity contribution in [1.29, 1.82) is 0 Å². The minimum Gasteiger partial charge on any atom is -0.385 e. The van der Waals surface area contributed by atoms with E-state index in [2.05, 4.69) is 10.6 Å². The second-order valence-corrected chi connectivity index (χ2v) is 4.28. The molecule has 16 heavy (non-hydrogen) atoms. The Morgan fingerprint density at radius 1 is 1.50 bits per heavy atom. The molecule has 3 heteroatoms. The summed E-state index contributed by atoms with van der Waals surface area (Å²) in [6.45, 7) is 2.92. The first kappa shape index (κ1) is 11.1. The van der Waals surface area contributed by atoms with Gasteiger partial charge in [0.05, 0.1) is 6.04 Å². The van der Waals surface area contributed by atoms with Crippen molar-refractivity contribution in [1.82, 2.24) is 5.32 Å². The maximum Gasteiger partial charge on any atom is 0.179 e. The first-order valence-electron chi connectivity index (χ1n) is 5.80. The molecule has 0 saturated heterocycles. The summed E-state index contributed by atoms with van der Waals surface area (Å²) in [6, 6.07) is 5.84. The Bertz CT molecular complexity index is 401. The minimum atomic E-state index is -0.116. The maximum absolute atomic E-state index is 12.0. The van der Waals surface area contributed by atoms with Gasteiger partial charge in [0.2, 0.25) is 0 Å². The molecule has 0 fully saturated rings. The number of anilines is 1. The van der Waals surface area contributed by atoms with Gasteiger partial charge in [0.1, 0.15) is 0 Å². The summed E-state index contributed by atoms with van der Waals surface area (Å²) in [5, 5.41) is 6.32. The molecule has 0 saturated carbocycles. The van der Waals surface area contributed by atoms with Gasteiger partial charge in [-0.1, -0.05) is 0 Å². The van der Waals surface area contributed by atoms with Gasteiger partial charge in [0, 0.05) is 17.8 Å². The number of aryl methyl sites for hydroxylation is 1. The fourth-order valence-electron chi connectivity index (χ4n) is 2.01. The van der Waals surface area contributed by atoms with Crippen LogP contribution in [0.1, 0.15) is 29.3 Å². The molecule has 0 spiro atoms. The first-order chi connectivity index (χ1) is 7.72. The molecule has 1 heterocycles. The number of carbonyl (C=O) groups is 1. The largest absolute Gasteiger partial charge is 0.385 e. The van der Waals surface area contributed by atoms with Crippen LogP contribution in [-0.4, -0.2) is 25.4 Å². The number of fused-ring (bicyclic) bond motifs is 1. The summed E-state index contributed by atoms with van der Waals surface area (Å²) >= 11 is 0. The summed E-state index contributed by atoms with van der Waals surface area (Å²) in [5.74, 6) is 0.163. The highest BCUT2D eigenvalue weighted by atomic mass is 16.1. The molecule has 2 rings (SSSR count). The summed E-state index contributed by atoms with van der Waals surface area (Å²) in [5.41, 5.74) is 3.25. The third-order valence-electron chi connectivity index (χ3n) is 3.15. The standard InChI is InChI=1S/C13H18N2O/c1-9(14-2)13(16)11-5-6-12-10(8-11)4-3-7-15-12/h5-6,8-9,14-15H,3-4,7H2,1-2H3. The average molecular weight is 218 g/mol. The topological polar surface area (TPSA) is 41.1 Å². The predicted octanol–water partition coefficient (Wildman–Crippen LogP) is 1.84. The molecule has 1 aliphatic rings. The highest BCUT2D eigenvalue weighted by molar-refractivity contribution is 6.00. The van der Waals surface area contributed by atoms with E-state index in [1.165, 1.54) is 11.3 Å². The fraction of sp³-hybridized carbons (Fsp3) is 0.462. The molecule has 1 aromatic carbocycles. The first-order valence-corrected chi connectivity index (χ1v) is 5.80. The van der Waals surface area contributed by atoms with Gasteiger partial charge in [0.25, 0.3) is 0 Å². The van der Waals surface area contributed by atoms with Gasteiger partial charge < -0.3 is 10.6 Å². The van der Waals surface area contributed by atoms with Crippen LogP contribution in [0.3, 0.4) is 0 Å². The Hall–Kier alpha value is -1.35. The lowest BCUT2D eigenvalue weighted by atomic mass is 9.97. The molecule has 1 aliphatic heterocycles. The van der Waals surface area contributed by atoms with Crippen LogP contribution < -0.4 is 10.6 Å². The van der Waals surface area contributed by atoms with Gasteiger partial charge in [-0.15, -0.1) is 0 Å². The number of likely N-dealkylation sites (N-methyl/N-ethyl adjacent to an activating group) is 1. The smallest absolute Gasteiger partial charge is 0.179 e. The third-order valence-corrected chi connectivity index (χ3v) is 3.15. The number of ketones is 1. The summed E-state index contributed by atoms with van der Waals surface area (Å²) < 4.78 is 0. The van der Waals surface area contributed by atoms with Crippen LogP contribution in [0.15, 0.2) is 18.2 Å². The molecule has 2 N–H and O–H groups in total. The molecule has 0 aliphatic carbocycles. The van der Waals surface area contributed by atoms with E-state index in [9.17, 15) is 4.79 Å². The Labute approximate surface area is 96.2 Å². The number of carbonyl (C=O) groups excluding carboxylic acids is 1. The minimum absolute atomic E-state index is 0.116. The van der Waals surface area contributed by atoms with E-state index in [-0.39, 0.29) is 11.8 Å². The monoisotopic (exact) mass is 218 g/mol. The molecule has 0 bridgehead atoms. The Morgan fingerprint density at radius 2 is 2.31 bits per heavy atom. The number of hydrogen-bond acceptors (Lipinski definition) is 3. The number of rotatable bonds is 3. The van der Waals surface area contributed by atoms with E-state index < -0.39 is 0 Å². The summed E-state index contributed by atoms with van der Waals surface area (Å²) in [6.07, 6.45) is 2.21. The van der Waals surface area contributed by atoms with Crippen molar-refractivity contribution in [2.45, 2.75) is 25.8 Å². The van der Waals surface area contributed by atoms with Crippen LogP contribution in [0, 0.1) is 0 Å². The predicted molar refractivity (Wildman–Crippen MR) is 66.1 cm³/mol. The van der Waals surface area contributed by atoms with Crippen LogP contribution in [0.2, 0.25) is 0 Å². The number of Topliss-reactive ketones (excluding diaryl/α,β-unsaturated/α-hetero) is 1. The van der Waals surface area contributed by atoms with E-state index >= 15 is 0 Å².